The summed E-state index contributed by atoms with van der Waals surface area (Å²) in [5.74, 6) is -0.266. The number of aliphatic hydroxyl groups is 1. The Bertz CT molecular complexity index is 398. The lowest BCUT2D eigenvalue weighted by Crippen LogP contribution is -2.47. The SMILES string of the molecule is CN=C(NCC1CCC(C(F)(F)F)CC1)NCC1(O)CCCC1. The highest BCUT2D eigenvalue weighted by atomic mass is 19.4. The maximum atomic E-state index is 12.7. The number of hydrogen-bond donors (Lipinski definition) is 3. The van der Waals surface area contributed by atoms with Crippen LogP contribution in [0.5, 0.6) is 0 Å². The van der Waals surface area contributed by atoms with Gasteiger partial charge in [0.25, 0.3) is 0 Å². The molecule has 0 aliphatic heterocycles. The molecule has 2 saturated carbocycles. The summed E-state index contributed by atoms with van der Waals surface area (Å²) in [5, 5.41) is 16.6. The van der Waals surface area contributed by atoms with Crippen molar-refractivity contribution < 1.29 is 18.3 Å². The van der Waals surface area contributed by atoms with Crippen LogP contribution in [0.25, 0.3) is 0 Å². The zero-order valence-corrected chi connectivity index (χ0v) is 13.8. The van der Waals surface area contributed by atoms with Crippen molar-refractivity contribution in [3.8, 4) is 0 Å². The fourth-order valence-corrected chi connectivity index (χ4v) is 3.61. The fraction of sp³-hybridized carbons (Fsp3) is 0.938. The summed E-state index contributed by atoms with van der Waals surface area (Å²) >= 11 is 0. The molecule has 0 amide bonds. The van der Waals surface area contributed by atoms with Crippen LogP contribution in [0, 0.1) is 11.8 Å². The van der Waals surface area contributed by atoms with E-state index in [4.69, 9.17) is 0 Å². The number of nitrogens with zero attached hydrogens (tertiary/aromatic N) is 1. The van der Waals surface area contributed by atoms with Crippen molar-refractivity contribution in [1.82, 2.24) is 10.6 Å². The van der Waals surface area contributed by atoms with Crippen molar-refractivity contribution >= 4 is 5.96 Å². The number of aliphatic imine (C=N–C) groups is 1. The summed E-state index contributed by atoms with van der Waals surface area (Å²) in [6.45, 7) is 1.09. The van der Waals surface area contributed by atoms with E-state index in [1.54, 1.807) is 7.05 Å². The second-order valence-electron chi connectivity index (χ2n) is 7.00. The maximum Gasteiger partial charge on any atom is 0.391 e. The molecule has 0 heterocycles. The average molecular weight is 335 g/mol. The second kappa shape index (κ2) is 7.73. The third-order valence-electron chi connectivity index (χ3n) is 5.21. The number of nitrogens with one attached hydrogen (secondary N) is 2. The third kappa shape index (κ3) is 5.55. The Morgan fingerprint density at radius 2 is 1.74 bits per heavy atom. The molecule has 0 radical (unpaired) electrons. The molecule has 2 aliphatic rings. The van der Waals surface area contributed by atoms with E-state index >= 15 is 0 Å². The normalized spacial score (nSPS) is 28.7. The van der Waals surface area contributed by atoms with Gasteiger partial charge in [-0.25, -0.2) is 0 Å². The minimum absolute atomic E-state index is 0.224. The van der Waals surface area contributed by atoms with Gasteiger partial charge in [-0.2, -0.15) is 13.2 Å². The van der Waals surface area contributed by atoms with Gasteiger partial charge in [0, 0.05) is 20.1 Å². The predicted molar refractivity (Wildman–Crippen MR) is 84.3 cm³/mol. The lowest BCUT2D eigenvalue weighted by atomic mass is 9.81. The highest BCUT2D eigenvalue weighted by Crippen LogP contribution is 2.39. The van der Waals surface area contributed by atoms with Crippen molar-refractivity contribution in [3.05, 3.63) is 0 Å². The van der Waals surface area contributed by atoms with Gasteiger partial charge in [-0.1, -0.05) is 12.8 Å². The van der Waals surface area contributed by atoms with Crippen molar-refractivity contribution in [2.75, 3.05) is 20.1 Å². The van der Waals surface area contributed by atoms with E-state index in [0.29, 0.717) is 31.9 Å². The molecule has 0 unspecified atom stereocenters. The topological polar surface area (TPSA) is 56.7 Å². The first-order valence-electron chi connectivity index (χ1n) is 8.56. The molecule has 0 bridgehead atoms. The van der Waals surface area contributed by atoms with E-state index < -0.39 is 17.7 Å². The van der Waals surface area contributed by atoms with Gasteiger partial charge < -0.3 is 15.7 Å². The molecule has 0 aromatic carbocycles. The summed E-state index contributed by atoms with van der Waals surface area (Å²) in [6.07, 6.45) is 1.29. The first-order valence-corrected chi connectivity index (χ1v) is 8.56. The summed E-state index contributed by atoms with van der Waals surface area (Å²) in [6, 6.07) is 0. The molecule has 23 heavy (non-hydrogen) atoms. The van der Waals surface area contributed by atoms with E-state index in [2.05, 4.69) is 15.6 Å². The van der Waals surface area contributed by atoms with Crippen LogP contribution in [0.3, 0.4) is 0 Å². The van der Waals surface area contributed by atoms with Crippen LogP contribution in [0.15, 0.2) is 4.99 Å². The van der Waals surface area contributed by atoms with Crippen LogP contribution in [0.2, 0.25) is 0 Å². The first kappa shape index (κ1) is 18.4. The first-order chi connectivity index (χ1) is 10.8. The molecule has 2 aliphatic carbocycles. The molecule has 4 nitrogen and oxygen atoms in total. The van der Waals surface area contributed by atoms with Gasteiger partial charge in [-0.05, 0) is 44.4 Å². The van der Waals surface area contributed by atoms with Crippen LogP contribution in [-0.2, 0) is 0 Å². The smallest absolute Gasteiger partial charge is 0.388 e. The Kier molecular flexibility index (Phi) is 6.17. The Morgan fingerprint density at radius 1 is 1.13 bits per heavy atom. The molecule has 7 heteroatoms. The average Bonchev–Trinajstić information content (AvgIpc) is 2.94. The fourth-order valence-electron chi connectivity index (χ4n) is 3.61. The minimum Gasteiger partial charge on any atom is -0.388 e. The van der Waals surface area contributed by atoms with Gasteiger partial charge in [0.2, 0.25) is 0 Å². The zero-order valence-electron chi connectivity index (χ0n) is 13.8. The summed E-state index contributed by atoms with van der Waals surface area (Å²) in [4.78, 5) is 4.12. The zero-order chi connectivity index (χ0) is 16.9. The Hall–Kier alpha value is -0.980. The molecule has 0 atom stereocenters. The van der Waals surface area contributed by atoms with Crippen LogP contribution >= 0.6 is 0 Å². The minimum atomic E-state index is -4.05. The van der Waals surface area contributed by atoms with Crippen LogP contribution < -0.4 is 10.6 Å². The molecular formula is C16H28F3N3O. The summed E-state index contributed by atoms with van der Waals surface area (Å²) < 4.78 is 38.0. The summed E-state index contributed by atoms with van der Waals surface area (Å²) in [5.41, 5.74) is -0.650. The molecule has 0 spiro atoms. The van der Waals surface area contributed by atoms with Gasteiger partial charge >= 0.3 is 6.18 Å². The predicted octanol–water partition coefficient (Wildman–Crippen LogP) is 2.83. The van der Waals surface area contributed by atoms with Gasteiger partial charge in [0.15, 0.2) is 5.96 Å². The molecule has 0 aromatic heterocycles. The number of hydrogen-bond acceptors (Lipinski definition) is 2. The molecule has 134 valence electrons. The number of rotatable bonds is 4. The number of guanidine groups is 1. The molecule has 0 aromatic rings. The quantitative estimate of drug-likeness (QED) is 0.547. The highest BCUT2D eigenvalue weighted by molar-refractivity contribution is 5.79. The van der Waals surface area contributed by atoms with E-state index in [-0.39, 0.29) is 18.8 Å². The Balaban J connectivity index is 1.68. The molecule has 3 N–H and O–H groups in total. The van der Waals surface area contributed by atoms with E-state index in [1.807, 2.05) is 0 Å². The van der Waals surface area contributed by atoms with Gasteiger partial charge in [0.05, 0.1) is 11.5 Å². The molecule has 2 rings (SSSR count). The van der Waals surface area contributed by atoms with Crippen molar-refractivity contribution in [2.24, 2.45) is 16.8 Å². The van der Waals surface area contributed by atoms with Crippen molar-refractivity contribution in [2.45, 2.75) is 63.1 Å². The van der Waals surface area contributed by atoms with Gasteiger partial charge in [-0.3, -0.25) is 4.99 Å². The molecular weight excluding hydrogens is 307 g/mol. The van der Waals surface area contributed by atoms with Crippen molar-refractivity contribution in [3.63, 3.8) is 0 Å². The van der Waals surface area contributed by atoms with Crippen LogP contribution in [0.4, 0.5) is 13.2 Å². The molecule has 2 fully saturated rings. The van der Waals surface area contributed by atoms with E-state index in [0.717, 1.165) is 25.7 Å². The standard InChI is InChI=1S/C16H28F3N3O/c1-20-14(22-11-15(23)8-2-3-9-15)21-10-12-4-6-13(7-5-12)16(17,18)19/h12-13,23H,2-11H2,1H3,(H2,20,21,22). The second-order valence-corrected chi connectivity index (χ2v) is 7.00. The van der Waals surface area contributed by atoms with Gasteiger partial charge in [-0.15, -0.1) is 0 Å². The van der Waals surface area contributed by atoms with Crippen LogP contribution in [0.1, 0.15) is 51.4 Å². The van der Waals surface area contributed by atoms with Crippen molar-refractivity contribution in [1.29, 1.82) is 0 Å². The van der Waals surface area contributed by atoms with Crippen LogP contribution in [-0.4, -0.2) is 43.0 Å². The van der Waals surface area contributed by atoms with E-state index in [9.17, 15) is 18.3 Å². The third-order valence-corrected chi connectivity index (χ3v) is 5.21. The van der Waals surface area contributed by atoms with Gasteiger partial charge in [0.1, 0.15) is 0 Å². The molecule has 0 saturated heterocycles. The maximum absolute atomic E-state index is 12.7. The number of alkyl halides is 3. The lowest BCUT2D eigenvalue weighted by Gasteiger charge is -2.30. The Morgan fingerprint density at radius 3 is 2.26 bits per heavy atom. The highest BCUT2D eigenvalue weighted by Gasteiger charge is 2.41. The summed E-state index contributed by atoms with van der Waals surface area (Å²) in [7, 11) is 1.66. The largest absolute Gasteiger partial charge is 0.391 e. The monoisotopic (exact) mass is 335 g/mol. The van der Waals surface area contributed by atoms with E-state index in [1.165, 1.54) is 0 Å². The number of halogens is 3. The Labute approximate surface area is 135 Å². The lowest BCUT2D eigenvalue weighted by molar-refractivity contribution is -0.183.